The number of ether oxygens (including phenoxy) is 4. The van der Waals surface area contributed by atoms with Gasteiger partial charge in [0.25, 0.3) is 0 Å². The zero-order chi connectivity index (χ0) is 24.6. The van der Waals surface area contributed by atoms with Crippen molar-refractivity contribution in [2.75, 3.05) is 28.4 Å². The number of hydrogen-bond acceptors (Lipinski definition) is 7. The third-order valence-corrected chi connectivity index (χ3v) is 6.83. The van der Waals surface area contributed by atoms with E-state index in [0.29, 0.717) is 23.0 Å². The molecular formula is C24H33NO8P+2. The largest absolute Gasteiger partial charge is 0.710 e. The van der Waals surface area contributed by atoms with Crippen LogP contribution in [0.25, 0.3) is 12.2 Å². The lowest BCUT2D eigenvalue weighted by molar-refractivity contribution is -0.646. The molecule has 1 saturated carbocycles. The Kier molecular flexibility index (Phi) is 9.38. The first-order valence-corrected chi connectivity index (χ1v) is 12.5. The summed E-state index contributed by atoms with van der Waals surface area (Å²) in [7, 11) is 2.27. The maximum Gasteiger partial charge on any atom is 0.710 e. The summed E-state index contributed by atoms with van der Waals surface area (Å²) < 4.78 is 37.9. The van der Waals surface area contributed by atoms with Gasteiger partial charge in [0.1, 0.15) is 6.10 Å². The van der Waals surface area contributed by atoms with Crippen molar-refractivity contribution in [2.24, 2.45) is 0 Å². The van der Waals surface area contributed by atoms with Gasteiger partial charge in [0.05, 0.1) is 38.0 Å². The Bertz CT molecular complexity index is 954. The topological polar surface area (TPSA) is 112 Å². The van der Waals surface area contributed by atoms with E-state index in [-0.39, 0.29) is 11.9 Å². The van der Waals surface area contributed by atoms with E-state index in [9.17, 15) is 4.89 Å². The summed E-state index contributed by atoms with van der Waals surface area (Å²) in [4.78, 5) is 13.1. The van der Waals surface area contributed by atoms with Crippen molar-refractivity contribution >= 4 is 20.3 Å². The fourth-order valence-corrected chi connectivity index (χ4v) is 4.93. The Morgan fingerprint density at radius 3 is 1.94 bits per heavy atom. The molecule has 9 nitrogen and oxygen atoms in total. The monoisotopic (exact) mass is 494 g/mol. The molecule has 1 atom stereocenters. The van der Waals surface area contributed by atoms with Crippen LogP contribution in [-0.4, -0.2) is 34.5 Å². The molecule has 0 heterocycles. The molecule has 1 unspecified atom stereocenters. The van der Waals surface area contributed by atoms with Gasteiger partial charge >= 0.3 is 8.17 Å². The molecule has 0 saturated heterocycles. The normalized spacial score (nSPS) is 16.2. The maximum absolute atomic E-state index is 13.1. The molecule has 0 aromatic heterocycles. The van der Waals surface area contributed by atoms with E-state index in [1.54, 1.807) is 33.5 Å². The molecule has 0 bridgehead atoms. The minimum absolute atomic E-state index is 0.185. The summed E-state index contributed by atoms with van der Waals surface area (Å²) in [5, 5.41) is 0. The van der Waals surface area contributed by atoms with Gasteiger partial charge in [-0.25, -0.2) is 0 Å². The highest BCUT2D eigenvalue weighted by molar-refractivity contribution is 7.55. The zero-order valence-electron chi connectivity index (χ0n) is 20.1. The smallest absolute Gasteiger partial charge is 0.493 e. The standard InChI is InChI=1S/C24H33NO8P/c1-27-20-13-12-17(10-11-18-15-22(28-2)24(30-4)23(16-18)29-3)14-21(20)32-34(26,33-25)31-19-8-6-5-7-9-19/h10-16,19H,5-9H2,1-4,25H3/q+2/b11-10-. The molecule has 1 radical (unpaired) electrons. The van der Waals surface area contributed by atoms with E-state index in [1.165, 1.54) is 7.11 Å². The molecule has 1 aliphatic rings. The van der Waals surface area contributed by atoms with E-state index in [4.69, 9.17) is 32.6 Å². The lowest BCUT2D eigenvalue weighted by Gasteiger charge is -2.20. The van der Waals surface area contributed by atoms with E-state index >= 15 is 0 Å². The van der Waals surface area contributed by atoms with Gasteiger partial charge < -0.3 is 18.9 Å². The minimum Gasteiger partial charge on any atom is -0.493 e. The molecule has 185 valence electrons. The van der Waals surface area contributed by atoms with Gasteiger partial charge in [-0.15, -0.1) is 4.52 Å². The van der Waals surface area contributed by atoms with Crippen molar-refractivity contribution < 1.29 is 43.4 Å². The molecule has 10 heteroatoms. The fraction of sp³-hybridized carbons (Fsp3) is 0.417. The Morgan fingerprint density at radius 1 is 0.794 bits per heavy atom. The van der Waals surface area contributed by atoms with Crippen LogP contribution in [0.4, 0.5) is 0 Å². The Balaban J connectivity index is 1.84. The van der Waals surface area contributed by atoms with Gasteiger partial charge in [0, 0.05) is 0 Å². The van der Waals surface area contributed by atoms with Crippen LogP contribution in [0.15, 0.2) is 30.3 Å². The van der Waals surface area contributed by atoms with E-state index < -0.39 is 8.17 Å². The number of benzene rings is 2. The average molecular weight is 495 g/mol. The van der Waals surface area contributed by atoms with Gasteiger partial charge in [-0.2, -0.15) is 5.90 Å². The molecule has 34 heavy (non-hydrogen) atoms. The highest BCUT2D eigenvalue weighted by Crippen LogP contribution is 2.60. The summed E-state index contributed by atoms with van der Waals surface area (Å²) in [5.41, 5.74) is 1.61. The quantitative estimate of drug-likeness (QED) is 0.269. The highest BCUT2D eigenvalue weighted by Gasteiger charge is 2.55. The van der Waals surface area contributed by atoms with Gasteiger partial charge in [-0.1, -0.05) is 37.5 Å². The number of hydrogen-bond donors (Lipinski definition) is 1. The van der Waals surface area contributed by atoms with E-state index in [1.807, 2.05) is 30.4 Å². The van der Waals surface area contributed by atoms with Crippen molar-refractivity contribution in [3.63, 3.8) is 0 Å². The van der Waals surface area contributed by atoms with Crippen LogP contribution in [0.3, 0.4) is 0 Å². The Labute approximate surface area is 200 Å². The summed E-state index contributed by atoms with van der Waals surface area (Å²) in [6.07, 6.45) is 8.37. The van der Waals surface area contributed by atoms with Crippen molar-refractivity contribution in [3.8, 4) is 28.7 Å². The lowest BCUT2D eigenvalue weighted by Crippen LogP contribution is -2.49. The second-order valence-corrected chi connectivity index (χ2v) is 9.28. The highest BCUT2D eigenvalue weighted by atomic mass is 31.2. The predicted octanol–water partition coefficient (Wildman–Crippen LogP) is 4.90. The van der Waals surface area contributed by atoms with Crippen LogP contribution >= 0.6 is 8.17 Å². The first kappa shape index (κ1) is 26.1. The SMILES string of the molecule is COc1ccc(/C=C\c2cc(OC)c(OC)c(OC)c2)cc1O[P+]([O])(O[NH3+])OC1CCCCC1. The van der Waals surface area contributed by atoms with E-state index in [0.717, 1.165) is 43.2 Å². The Morgan fingerprint density at radius 2 is 1.38 bits per heavy atom. The predicted molar refractivity (Wildman–Crippen MR) is 128 cm³/mol. The van der Waals surface area contributed by atoms with Crippen molar-refractivity contribution in [1.82, 2.24) is 0 Å². The van der Waals surface area contributed by atoms with Crippen molar-refractivity contribution in [2.45, 2.75) is 38.2 Å². The van der Waals surface area contributed by atoms with Crippen LogP contribution in [0.1, 0.15) is 43.2 Å². The Hall–Kier alpha value is -2.55. The third kappa shape index (κ3) is 6.52. The van der Waals surface area contributed by atoms with Crippen LogP contribution < -0.4 is 29.4 Å². The summed E-state index contributed by atoms with van der Waals surface area (Å²) in [6, 6.07) is 8.93. The van der Waals surface area contributed by atoms with Gasteiger partial charge in [-0.05, 0) is 48.2 Å². The summed E-state index contributed by atoms with van der Waals surface area (Å²) >= 11 is 0. The third-order valence-electron chi connectivity index (χ3n) is 5.54. The van der Waals surface area contributed by atoms with Crippen molar-refractivity contribution in [1.29, 1.82) is 0 Å². The number of methoxy groups -OCH3 is 4. The summed E-state index contributed by atoms with van der Waals surface area (Å²) in [6.45, 7) is 0. The number of rotatable bonds is 11. The second kappa shape index (κ2) is 12.2. The fourth-order valence-electron chi connectivity index (χ4n) is 3.81. The minimum atomic E-state index is -3.92. The number of quaternary nitrogens is 1. The molecule has 1 aliphatic carbocycles. The molecule has 2 aromatic carbocycles. The molecule has 0 aliphatic heterocycles. The first-order chi connectivity index (χ1) is 16.4. The summed E-state index contributed by atoms with van der Waals surface area (Å²) in [5.74, 6) is 5.57. The van der Waals surface area contributed by atoms with Gasteiger partial charge in [0.2, 0.25) is 11.5 Å². The lowest BCUT2D eigenvalue weighted by atomic mass is 9.98. The molecule has 2 aromatic rings. The zero-order valence-corrected chi connectivity index (χ0v) is 21.0. The van der Waals surface area contributed by atoms with Crippen LogP contribution in [-0.2, 0) is 14.0 Å². The van der Waals surface area contributed by atoms with Crippen LogP contribution in [0, 0.1) is 0 Å². The first-order valence-electron chi connectivity index (χ1n) is 11.0. The van der Waals surface area contributed by atoms with Gasteiger partial charge in [-0.3, -0.25) is 4.52 Å². The molecule has 3 rings (SSSR count). The van der Waals surface area contributed by atoms with Crippen molar-refractivity contribution in [3.05, 3.63) is 41.5 Å². The van der Waals surface area contributed by atoms with Gasteiger partial charge in [0.15, 0.2) is 17.2 Å². The molecule has 0 spiro atoms. The second-order valence-electron chi connectivity index (χ2n) is 7.74. The molecular weight excluding hydrogens is 461 g/mol. The molecule has 1 fully saturated rings. The van der Waals surface area contributed by atoms with E-state index in [2.05, 4.69) is 5.90 Å². The van der Waals surface area contributed by atoms with Crippen LogP contribution in [0.2, 0.25) is 0 Å². The van der Waals surface area contributed by atoms with Crippen LogP contribution in [0.5, 0.6) is 28.7 Å². The molecule has 0 amide bonds. The average Bonchev–Trinajstić information content (AvgIpc) is 2.87. The maximum atomic E-state index is 13.1. The molecule has 3 N–H and O–H groups in total.